The van der Waals surface area contributed by atoms with E-state index in [-0.39, 0.29) is 29.6 Å². The van der Waals surface area contributed by atoms with Gasteiger partial charge in [-0.1, -0.05) is 12.1 Å². The first kappa shape index (κ1) is 21.2. The second kappa shape index (κ2) is 9.00. The molecule has 0 bridgehead atoms. The number of nitrogens with zero attached hydrogens (tertiary/aromatic N) is 1. The fourth-order valence-electron chi connectivity index (χ4n) is 2.51. The Balaban J connectivity index is 0.00000288. The second-order valence-electron chi connectivity index (χ2n) is 6.10. The summed E-state index contributed by atoms with van der Waals surface area (Å²) in [6, 6.07) is 6.85. The number of hydrogen-bond acceptors (Lipinski definition) is 4. The summed E-state index contributed by atoms with van der Waals surface area (Å²) in [6.07, 6.45) is 3.35. The van der Waals surface area contributed by atoms with Gasteiger partial charge in [0.15, 0.2) is 15.8 Å². The van der Waals surface area contributed by atoms with Gasteiger partial charge >= 0.3 is 0 Å². The van der Waals surface area contributed by atoms with Crippen LogP contribution in [-0.4, -0.2) is 46.4 Å². The fourth-order valence-corrected chi connectivity index (χ4v) is 3.14. The van der Waals surface area contributed by atoms with Crippen molar-refractivity contribution in [3.05, 3.63) is 29.8 Å². The van der Waals surface area contributed by atoms with Crippen LogP contribution >= 0.6 is 24.0 Å². The van der Waals surface area contributed by atoms with Crippen LogP contribution in [0.1, 0.15) is 25.3 Å². The van der Waals surface area contributed by atoms with Crippen LogP contribution in [0.5, 0.6) is 0 Å². The minimum Gasteiger partial charge on any atom is -0.373 e. The summed E-state index contributed by atoms with van der Waals surface area (Å²) in [4.78, 5) is 4.52. The minimum atomic E-state index is -3.15. The maximum absolute atomic E-state index is 11.4. The third-order valence-electron chi connectivity index (χ3n) is 3.97. The zero-order valence-corrected chi connectivity index (χ0v) is 17.5. The summed E-state index contributed by atoms with van der Waals surface area (Å²) in [7, 11) is -1.43. The molecule has 6 nitrogen and oxygen atoms in total. The fraction of sp³-hybridized carbons (Fsp3) is 0.562. The molecule has 1 aliphatic rings. The quantitative estimate of drug-likeness (QED) is 0.393. The molecule has 1 unspecified atom stereocenters. The van der Waals surface area contributed by atoms with Crippen molar-refractivity contribution in [3.8, 4) is 0 Å². The van der Waals surface area contributed by atoms with Gasteiger partial charge in [0.05, 0.1) is 10.5 Å². The van der Waals surface area contributed by atoms with Crippen LogP contribution in [0.4, 0.5) is 0 Å². The molecule has 2 N–H and O–H groups in total. The van der Waals surface area contributed by atoms with Gasteiger partial charge in [-0.15, -0.1) is 24.0 Å². The van der Waals surface area contributed by atoms with Crippen molar-refractivity contribution in [3.63, 3.8) is 0 Å². The molecular formula is C16H26IN3O3S. The van der Waals surface area contributed by atoms with Crippen molar-refractivity contribution in [2.45, 2.75) is 36.8 Å². The van der Waals surface area contributed by atoms with Crippen LogP contribution in [0.15, 0.2) is 34.2 Å². The molecule has 2 rings (SSSR count). The Bertz CT molecular complexity index is 654. The minimum absolute atomic E-state index is 0. The van der Waals surface area contributed by atoms with Gasteiger partial charge in [-0.25, -0.2) is 8.42 Å². The van der Waals surface area contributed by atoms with Crippen molar-refractivity contribution < 1.29 is 13.2 Å². The number of guanidine groups is 1. The average molecular weight is 467 g/mol. The van der Waals surface area contributed by atoms with Gasteiger partial charge in [-0.2, -0.15) is 0 Å². The van der Waals surface area contributed by atoms with E-state index in [2.05, 4.69) is 22.5 Å². The van der Waals surface area contributed by atoms with E-state index in [4.69, 9.17) is 4.74 Å². The van der Waals surface area contributed by atoms with Crippen LogP contribution < -0.4 is 10.6 Å². The van der Waals surface area contributed by atoms with E-state index in [0.29, 0.717) is 23.9 Å². The molecule has 1 saturated heterocycles. The van der Waals surface area contributed by atoms with E-state index < -0.39 is 9.84 Å². The van der Waals surface area contributed by atoms with Crippen molar-refractivity contribution in [2.75, 3.05) is 26.5 Å². The highest BCUT2D eigenvalue weighted by Gasteiger charge is 2.29. The van der Waals surface area contributed by atoms with E-state index in [1.807, 2.05) is 0 Å². The normalized spacial score (nSPS) is 21.2. The Hall–Kier alpha value is -0.870. The van der Waals surface area contributed by atoms with Gasteiger partial charge in [0, 0.05) is 33.0 Å². The lowest BCUT2D eigenvalue weighted by Crippen LogP contribution is -2.45. The van der Waals surface area contributed by atoms with E-state index in [9.17, 15) is 8.42 Å². The predicted molar refractivity (Wildman–Crippen MR) is 107 cm³/mol. The number of hydrogen-bond donors (Lipinski definition) is 2. The average Bonchev–Trinajstić information content (AvgIpc) is 2.94. The largest absolute Gasteiger partial charge is 0.373 e. The van der Waals surface area contributed by atoms with Gasteiger partial charge in [-0.3, -0.25) is 4.99 Å². The molecule has 1 aromatic rings. The van der Waals surface area contributed by atoms with E-state index in [1.54, 1.807) is 31.3 Å². The first-order valence-electron chi connectivity index (χ1n) is 7.70. The number of aliphatic imine (C=N–C) groups is 1. The summed E-state index contributed by atoms with van der Waals surface area (Å²) in [5.74, 6) is 0.703. The molecular weight excluding hydrogens is 441 g/mol. The highest BCUT2D eigenvalue weighted by Crippen LogP contribution is 2.23. The van der Waals surface area contributed by atoms with Crippen LogP contribution in [0, 0.1) is 0 Å². The van der Waals surface area contributed by atoms with Crippen LogP contribution in [0.2, 0.25) is 0 Å². The van der Waals surface area contributed by atoms with Crippen molar-refractivity contribution in [1.29, 1.82) is 0 Å². The zero-order valence-electron chi connectivity index (χ0n) is 14.3. The molecule has 1 aliphatic heterocycles. The molecule has 1 aromatic carbocycles. The van der Waals surface area contributed by atoms with E-state index in [1.165, 1.54) is 6.26 Å². The second-order valence-corrected chi connectivity index (χ2v) is 8.11. The number of sulfone groups is 1. The lowest BCUT2D eigenvalue weighted by atomic mass is 10.0. The summed E-state index contributed by atoms with van der Waals surface area (Å²) in [5.41, 5.74) is 0.859. The summed E-state index contributed by atoms with van der Waals surface area (Å²) in [6.45, 7) is 4.20. The lowest BCUT2D eigenvalue weighted by Gasteiger charge is -2.24. The third kappa shape index (κ3) is 6.21. The van der Waals surface area contributed by atoms with E-state index in [0.717, 1.165) is 25.0 Å². The Morgan fingerprint density at radius 1 is 1.29 bits per heavy atom. The Morgan fingerprint density at radius 2 is 1.96 bits per heavy atom. The molecule has 1 atom stereocenters. The number of rotatable bonds is 5. The highest BCUT2D eigenvalue weighted by atomic mass is 127. The van der Waals surface area contributed by atoms with Crippen molar-refractivity contribution in [1.82, 2.24) is 10.6 Å². The predicted octanol–water partition coefficient (Wildman–Crippen LogP) is 1.94. The van der Waals surface area contributed by atoms with Gasteiger partial charge in [0.1, 0.15) is 0 Å². The number of halogens is 1. The SMILES string of the molecule is CN=C(NCc1ccc(S(C)(=O)=O)cc1)NCC1(C)CCCO1.I. The van der Waals surface area contributed by atoms with Crippen LogP contribution in [0.25, 0.3) is 0 Å². The Labute approximate surface area is 161 Å². The first-order chi connectivity index (χ1) is 10.8. The maximum atomic E-state index is 11.4. The molecule has 8 heteroatoms. The smallest absolute Gasteiger partial charge is 0.191 e. The van der Waals surface area contributed by atoms with Crippen LogP contribution in [-0.2, 0) is 21.1 Å². The molecule has 0 aliphatic carbocycles. The van der Waals surface area contributed by atoms with E-state index >= 15 is 0 Å². The lowest BCUT2D eigenvalue weighted by molar-refractivity contribution is 0.0243. The monoisotopic (exact) mass is 467 g/mol. The van der Waals surface area contributed by atoms with Crippen LogP contribution in [0.3, 0.4) is 0 Å². The first-order valence-corrected chi connectivity index (χ1v) is 9.59. The summed E-state index contributed by atoms with van der Waals surface area (Å²) in [5, 5.41) is 6.49. The molecule has 0 aromatic heterocycles. The summed E-state index contributed by atoms with van der Waals surface area (Å²) >= 11 is 0. The Kier molecular flexibility index (Phi) is 7.94. The molecule has 24 heavy (non-hydrogen) atoms. The topological polar surface area (TPSA) is 79.8 Å². The molecule has 0 radical (unpaired) electrons. The number of nitrogens with one attached hydrogen (secondary N) is 2. The molecule has 136 valence electrons. The molecule has 1 fully saturated rings. The number of benzene rings is 1. The standard InChI is InChI=1S/C16H25N3O3S.HI/c1-16(9-4-10-22-16)12-19-15(17-2)18-11-13-5-7-14(8-6-13)23(3,20)21;/h5-8H,4,9-12H2,1-3H3,(H2,17,18,19);1H. The third-order valence-corrected chi connectivity index (χ3v) is 5.09. The van der Waals surface area contributed by atoms with Gasteiger partial charge < -0.3 is 15.4 Å². The van der Waals surface area contributed by atoms with Gasteiger partial charge in [-0.05, 0) is 37.5 Å². The van der Waals surface area contributed by atoms with Crippen molar-refractivity contribution >= 4 is 39.8 Å². The molecule has 0 amide bonds. The van der Waals surface area contributed by atoms with Gasteiger partial charge in [0.2, 0.25) is 0 Å². The molecule has 0 spiro atoms. The highest BCUT2D eigenvalue weighted by molar-refractivity contribution is 14.0. The molecule has 0 saturated carbocycles. The summed E-state index contributed by atoms with van der Waals surface area (Å²) < 4.78 is 28.6. The Morgan fingerprint density at radius 3 is 2.46 bits per heavy atom. The maximum Gasteiger partial charge on any atom is 0.191 e. The van der Waals surface area contributed by atoms with Gasteiger partial charge in [0.25, 0.3) is 0 Å². The zero-order chi connectivity index (χ0) is 16.9. The number of ether oxygens (including phenoxy) is 1. The van der Waals surface area contributed by atoms with Crippen molar-refractivity contribution in [2.24, 2.45) is 4.99 Å². The molecule has 1 heterocycles.